The zero-order valence-electron chi connectivity index (χ0n) is 7.23. The van der Waals surface area contributed by atoms with Crippen LogP contribution in [0, 0.1) is 0 Å². The highest BCUT2D eigenvalue weighted by molar-refractivity contribution is 8.77. The van der Waals surface area contributed by atoms with Crippen LogP contribution in [0.3, 0.4) is 0 Å². The van der Waals surface area contributed by atoms with Crippen LogP contribution in [0.25, 0.3) is 0 Å². The molecule has 12 heavy (non-hydrogen) atoms. The van der Waals surface area contributed by atoms with E-state index in [4.69, 9.17) is 5.11 Å². The van der Waals surface area contributed by atoms with Gasteiger partial charge < -0.3 is 5.11 Å². The molecule has 5 heteroatoms. The van der Waals surface area contributed by atoms with E-state index in [0.29, 0.717) is 0 Å². The molecule has 0 aliphatic heterocycles. The molecule has 0 saturated heterocycles. The second-order valence-corrected chi connectivity index (χ2v) is 5.38. The highest BCUT2D eigenvalue weighted by Gasteiger charge is 2.15. The number of hydrogen-bond donors (Lipinski definition) is 1. The van der Waals surface area contributed by atoms with Crippen molar-refractivity contribution >= 4 is 33.3 Å². The molecule has 2 unspecified atom stereocenters. The van der Waals surface area contributed by atoms with Gasteiger partial charge in [0.05, 0.1) is 5.25 Å². The molecule has 0 spiro atoms. The summed E-state index contributed by atoms with van der Waals surface area (Å²) in [6.45, 7) is 4.88. The van der Waals surface area contributed by atoms with E-state index in [1.807, 2.05) is 0 Å². The summed E-state index contributed by atoms with van der Waals surface area (Å²) in [4.78, 5) is 21.1. The predicted octanol–water partition coefficient (Wildman–Crippen LogP) is 1.82. The predicted molar refractivity (Wildman–Crippen MR) is 52.4 cm³/mol. The Morgan fingerprint density at radius 3 is 1.92 bits per heavy atom. The number of rotatable bonds is 5. The van der Waals surface area contributed by atoms with E-state index in [2.05, 4.69) is 0 Å². The van der Waals surface area contributed by atoms with Crippen molar-refractivity contribution in [1.29, 1.82) is 0 Å². The van der Waals surface area contributed by atoms with Crippen LogP contribution >= 0.6 is 21.6 Å². The van der Waals surface area contributed by atoms with Crippen LogP contribution in [-0.2, 0) is 9.59 Å². The van der Waals surface area contributed by atoms with Gasteiger partial charge in [0.1, 0.15) is 11.0 Å². The standard InChI is InChI=1S/C7H12O3S2/c1-4(8)5(2)11-12-6(3)7(9)10/h5-6H,1-3H3,(H,9,10). The molecule has 0 aromatic carbocycles. The summed E-state index contributed by atoms with van der Waals surface area (Å²) >= 11 is 0. The first-order valence-corrected chi connectivity index (χ1v) is 5.78. The fourth-order valence-corrected chi connectivity index (χ4v) is 2.48. The second kappa shape index (κ2) is 5.48. The molecule has 0 aliphatic carbocycles. The second-order valence-electron chi connectivity index (χ2n) is 2.43. The molecule has 3 nitrogen and oxygen atoms in total. The molecule has 0 aromatic rings. The van der Waals surface area contributed by atoms with E-state index in [0.717, 1.165) is 0 Å². The third-order valence-corrected chi connectivity index (χ3v) is 4.55. The number of carboxylic acids is 1. The number of ketones is 1. The lowest BCUT2D eigenvalue weighted by molar-refractivity contribution is -0.136. The average Bonchev–Trinajstić information content (AvgIpc) is 1.98. The summed E-state index contributed by atoms with van der Waals surface area (Å²) in [5, 5.41) is 7.93. The van der Waals surface area contributed by atoms with E-state index >= 15 is 0 Å². The fourth-order valence-electron chi connectivity index (χ4n) is 0.276. The van der Waals surface area contributed by atoms with Crippen LogP contribution in [0.15, 0.2) is 0 Å². The van der Waals surface area contributed by atoms with Gasteiger partial charge in [0.15, 0.2) is 0 Å². The van der Waals surface area contributed by atoms with Crippen molar-refractivity contribution in [3.63, 3.8) is 0 Å². The van der Waals surface area contributed by atoms with Crippen LogP contribution in [-0.4, -0.2) is 27.4 Å². The van der Waals surface area contributed by atoms with Gasteiger partial charge in [-0.1, -0.05) is 21.6 Å². The Balaban J connectivity index is 3.68. The molecule has 0 fully saturated rings. The zero-order valence-corrected chi connectivity index (χ0v) is 8.87. The van der Waals surface area contributed by atoms with Crippen LogP contribution in [0.2, 0.25) is 0 Å². The molecule has 70 valence electrons. The lowest BCUT2D eigenvalue weighted by Gasteiger charge is -2.08. The number of carboxylic acid groups (broad SMARTS) is 1. The van der Waals surface area contributed by atoms with Gasteiger partial charge in [-0.25, -0.2) is 0 Å². The smallest absolute Gasteiger partial charge is 0.317 e. The van der Waals surface area contributed by atoms with E-state index in [9.17, 15) is 9.59 Å². The van der Waals surface area contributed by atoms with Gasteiger partial charge in [-0.05, 0) is 20.8 Å². The summed E-state index contributed by atoms with van der Waals surface area (Å²) in [5.74, 6) is -0.770. The number of carbonyl (C=O) groups excluding carboxylic acids is 1. The van der Waals surface area contributed by atoms with Gasteiger partial charge in [0, 0.05) is 0 Å². The Hall–Kier alpha value is -0.160. The van der Waals surface area contributed by atoms with Crippen molar-refractivity contribution in [2.75, 3.05) is 0 Å². The fraction of sp³-hybridized carbons (Fsp3) is 0.714. The molecule has 0 saturated carbocycles. The number of hydrogen-bond acceptors (Lipinski definition) is 4. The lowest BCUT2D eigenvalue weighted by atomic mass is 10.3. The van der Waals surface area contributed by atoms with Crippen LogP contribution in [0.5, 0.6) is 0 Å². The van der Waals surface area contributed by atoms with E-state index in [-0.39, 0.29) is 11.0 Å². The summed E-state index contributed by atoms with van der Waals surface area (Å²) in [6, 6.07) is 0. The molecule has 0 aromatic heterocycles. The monoisotopic (exact) mass is 208 g/mol. The van der Waals surface area contributed by atoms with Gasteiger partial charge in [-0.15, -0.1) is 0 Å². The summed E-state index contributed by atoms with van der Waals surface area (Å²) in [7, 11) is 2.52. The van der Waals surface area contributed by atoms with E-state index < -0.39 is 11.2 Å². The molecule has 0 bridgehead atoms. The minimum absolute atomic E-state index is 0.0742. The summed E-state index contributed by atoms with van der Waals surface area (Å²) in [5.41, 5.74) is 0. The normalized spacial score (nSPS) is 15.2. The van der Waals surface area contributed by atoms with Crippen molar-refractivity contribution in [3.05, 3.63) is 0 Å². The minimum atomic E-state index is -0.844. The molecule has 0 heterocycles. The van der Waals surface area contributed by atoms with Crippen molar-refractivity contribution in [3.8, 4) is 0 Å². The molecule has 1 N–H and O–H groups in total. The number of Topliss-reactive ketones (excluding diaryl/α,β-unsaturated/α-hetero) is 1. The Bertz CT molecular complexity index is 161. The first kappa shape index (κ1) is 11.8. The SMILES string of the molecule is CC(=O)C(C)SSC(C)C(=O)O. The van der Waals surface area contributed by atoms with E-state index in [1.165, 1.54) is 28.5 Å². The Labute approximate surface area is 79.7 Å². The molecule has 0 amide bonds. The third-order valence-electron chi connectivity index (χ3n) is 1.26. The Morgan fingerprint density at radius 2 is 1.58 bits per heavy atom. The maximum atomic E-state index is 10.7. The minimum Gasteiger partial charge on any atom is -0.480 e. The Morgan fingerprint density at radius 1 is 1.17 bits per heavy atom. The van der Waals surface area contributed by atoms with Gasteiger partial charge >= 0.3 is 5.97 Å². The molecule has 2 atom stereocenters. The molecule has 0 rings (SSSR count). The van der Waals surface area contributed by atoms with Crippen LogP contribution < -0.4 is 0 Å². The van der Waals surface area contributed by atoms with E-state index in [1.54, 1.807) is 13.8 Å². The highest BCUT2D eigenvalue weighted by Crippen LogP contribution is 2.31. The maximum Gasteiger partial charge on any atom is 0.317 e. The molecular formula is C7H12O3S2. The maximum absolute atomic E-state index is 10.7. The topological polar surface area (TPSA) is 54.4 Å². The number of carbonyl (C=O) groups is 2. The van der Waals surface area contributed by atoms with Gasteiger partial charge in [-0.3, -0.25) is 9.59 Å². The average molecular weight is 208 g/mol. The lowest BCUT2D eigenvalue weighted by Crippen LogP contribution is -2.12. The summed E-state index contributed by atoms with van der Waals surface area (Å²) in [6.07, 6.45) is 0. The van der Waals surface area contributed by atoms with Gasteiger partial charge in [-0.2, -0.15) is 0 Å². The zero-order chi connectivity index (χ0) is 9.72. The van der Waals surface area contributed by atoms with Crippen LogP contribution in [0.1, 0.15) is 20.8 Å². The van der Waals surface area contributed by atoms with Gasteiger partial charge in [0.25, 0.3) is 0 Å². The largest absolute Gasteiger partial charge is 0.480 e. The van der Waals surface area contributed by atoms with Gasteiger partial charge in [0.2, 0.25) is 0 Å². The molecule has 0 radical (unpaired) electrons. The highest BCUT2D eigenvalue weighted by atomic mass is 33.1. The Kier molecular flexibility index (Phi) is 5.41. The quantitative estimate of drug-likeness (QED) is 0.698. The molecular weight excluding hydrogens is 196 g/mol. The van der Waals surface area contributed by atoms with Crippen molar-refractivity contribution in [2.45, 2.75) is 31.3 Å². The van der Waals surface area contributed by atoms with Crippen molar-refractivity contribution < 1.29 is 14.7 Å². The number of aliphatic carboxylic acids is 1. The third kappa shape index (κ3) is 4.66. The van der Waals surface area contributed by atoms with Crippen LogP contribution in [0.4, 0.5) is 0 Å². The first-order valence-electron chi connectivity index (χ1n) is 3.50. The summed E-state index contributed by atoms with van der Waals surface area (Å²) < 4.78 is 0. The van der Waals surface area contributed by atoms with Crippen molar-refractivity contribution in [1.82, 2.24) is 0 Å². The molecule has 0 aliphatic rings. The van der Waals surface area contributed by atoms with Crippen molar-refractivity contribution in [2.24, 2.45) is 0 Å². The first-order chi connectivity index (χ1) is 5.45.